The third kappa shape index (κ3) is 5.85. The van der Waals surface area contributed by atoms with E-state index in [0.717, 1.165) is 27.9 Å². The second-order valence-electron chi connectivity index (χ2n) is 7.88. The largest absolute Gasteiger partial charge is 0.326 e. The molecule has 3 aromatic carbocycles. The van der Waals surface area contributed by atoms with Crippen molar-refractivity contribution in [3.05, 3.63) is 95.6 Å². The zero-order valence-electron chi connectivity index (χ0n) is 18.9. The van der Waals surface area contributed by atoms with E-state index < -0.39 is 12.1 Å². The Balaban J connectivity index is 1.49. The number of anilines is 2. The molecule has 0 spiro atoms. The second-order valence-corrected chi connectivity index (χ2v) is 8.85. The van der Waals surface area contributed by atoms with Crippen molar-refractivity contribution in [2.75, 3.05) is 10.6 Å². The highest BCUT2D eigenvalue weighted by Crippen LogP contribution is 2.26. The van der Waals surface area contributed by atoms with Crippen molar-refractivity contribution >= 4 is 34.1 Å². The number of carbonyl (C=O) groups is 2. The van der Waals surface area contributed by atoms with Gasteiger partial charge in [0.15, 0.2) is 0 Å². The predicted octanol–water partition coefficient (Wildman–Crippen LogP) is 5.19. The highest BCUT2D eigenvalue weighted by molar-refractivity contribution is 7.18. The summed E-state index contributed by atoms with van der Waals surface area (Å²) >= 11 is 1.28. The van der Waals surface area contributed by atoms with Crippen LogP contribution in [0.4, 0.5) is 15.6 Å². The summed E-state index contributed by atoms with van der Waals surface area (Å²) in [6, 6.07) is 23.7. The van der Waals surface area contributed by atoms with Gasteiger partial charge in [-0.1, -0.05) is 90.2 Å². The number of aromatic nitrogens is 2. The Hall–Kier alpha value is -4.04. The van der Waals surface area contributed by atoms with E-state index in [2.05, 4.69) is 26.1 Å². The molecule has 4 aromatic rings. The number of aryl methyl sites for hydroxylation is 2. The first-order chi connectivity index (χ1) is 16.5. The lowest BCUT2D eigenvalue weighted by molar-refractivity contribution is -0.117. The Morgan fingerprint density at radius 1 is 0.824 bits per heavy atom. The van der Waals surface area contributed by atoms with Crippen molar-refractivity contribution in [3.8, 4) is 10.6 Å². The van der Waals surface area contributed by atoms with Crippen molar-refractivity contribution in [1.29, 1.82) is 0 Å². The first kappa shape index (κ1) is 23.1. The molecule has 0 bridgehead atoms. The average molecular weight is 472 g/mol. The van der Waals surface area contributed by atoms with Gasteiger partial charge in [-0.3, -0.25) is 10.1 Å². The fraction of sp³-hybridized carbons (Fsp3) is 0.154. The van der Waals surface area contributed by atoms with Crippen molar-refractivity contribution in [2.24, 2.45) is 0 Å². The third-order valence-electron chi connectivity index (χ3n) is 5.30. The van der Waals surface area contributed by atoms with Crippen LogP contribution in [-0.4, -0.2) is 28.2 Å². The minimum Gasteiger partial charge on any atom is -0.326 e. The molecule has 0 radical (unpaired) electrons. The number of amides is 3. The summed E-state index contributed by atoms with van der Waals surface area (Å²) in [5, 5.41) is 17.9. The Labute approximate surface area is 202 Å². The van der Waals surface area contributed by atoms with Gasteiger partial charge in [0, 0.05) is 17.7 Å². The lowest BCUT2D eigenvalue weighted by atomic mass is 10.1. The molecule has 1 atom stereocenters. The molecule has 0 aliphatic carbocycles. The van der Waals surface area contributed by atoms with Crippen molar-refractivity contribution < 1.29 is 9.59 Å². The second kappa shape index (κ2) is 10.7. The van der Waals surface area contributed by atoms with Crippen LogP contribution >= 0.6 is 11.3 Å². The Morgan fingerprint density at radius 2 is 1.47 bits per heavy atom. The summed E-state index contributed by atoms with van der Waals surface area (Å²) in [5.41, 5.74) is 4.48. The number of nitrogens with one attached hydrogen (secondary N) is 3. The Kier molecular flexibility index (Phi) is 7.29. The molecule has 0 fully saturated rings. The first-order valence-corrected chi connectivity index (χ1v) is 11.7. The van der Waals surface area contributed by atoms with E-state index in [1.54, 1.807) is 0 Å². The number of para-hydroxylation sites is 1. The van der Waals surface area contributed by atoms with Crippen LogP contribution in [0.1, 0.15) is 16.7 Å². The van der Waals surface area contributed by atoms with Crippen molar-refractivity contribution in [2.45, 2.75) is 26.3 Å². The maximum Gasteiger partial charge on any atom is 0.319 e. The molecular formula is C26H25N5O2S. The molecule has 3 amide bonds. The summed E-state index contributed by atoms with van der Waals surface area (Å²) < 4.78 is 0. The van der Waals surface area contributed by atoms with Gasteiger partial charge in [-0.15, -0.1) is 10.2 Å². The van der Waals surface area contributed by atoms with E-state index in [0.29, 0.717) is 16.6 Å². The van der Waals surface area contributed by atoms with E-state index in [4.69, 9.17) is 0 Å². The molecule has 8 heteroatoms. The molecule has 0 saturated carbocycles. The molecule has 1 unspecified atom stereocenters. The zero-order valence-corrected chi connectivity index (χ0v) is 19.7. The molecule has 0 saturated heterocycles. The lowest BCUT2D eigenvalue weighted by Gasteiger charge is -2.19. The topological polar surface area (TPSA) is 96.0 Å². The lowest BCUT2D eigenvalue weighted by Crippen LogP contribution is -2.47. The fourth-order valence-electron chi connectivity index (χ4n) is 3.54. The van der Waals surface area contributed by atoms with E-state index in [9.17, 15) is 9.59 Å². The molecule has 7 nitrogen and oxygen atoms in total. The summed E-state index contributed by atoms with van der Waals surface area (Å²) in [4.78, 5) is 26.0. The van der Waals surface area contributed by atoms with E-state index >= 15 is 0 Å². The van der Waals surface area contributed by atoms with Crippen LogP contribution in [0, 0.1) is 13.8 Å². The molecule has 172 valence electrons. The van der Waals surface area contributed by atoms with Gasteiger partial charge in [0.1, 0.15) is 11.0 Å². The van der Waals surface area contributed by atoms with Gasteiger partial charge >= 0.3 is 6.03 Å². The van der Waals surface area contributed by atoms with Crippen LogP contribution in [-0.2, 0) is 11.2 Å². The van der Waals surface area contributed by atoms with Crippen LogP contribution < -0.4 is 16.0 Å². The normalized spacial score (nSPS) is 11.5. The van der Waals surface area contributed by atoms with Crippen LogP contribution in [0.25, 0.3) is 10.6 Å². The number of nitrogens with zero attached hydrogens (tertiary/aromatic N) is 2. The molecule has 3 N–H and O–H groups in total. The Bertz CT molecular complexity index is 1250. The van der Waals surface area contributed by atoms with Gasteiger partial charge < -0.3 is 10.6 Å². The quantitative estimate of drug-likeness (QED) is 0.345. The maximum absolute atomic E-state index is 13.2. The summed E-state index contributed by atoms with van der Waals surface area (Å²) in [6.07, 6.45) is 0.331. The average Bonchev–Trinajstić information content (AvgIpc) is 3.31. The zero-order chi connectivity index (χ0) is 23.9. The number of benzene rings is 3. The highest BCUT2D eigenvalue weighted by atomic mass is 32.1. The van der Waals surface area contributed by atoms with E-state index in [1.165, 1.54) is 11.3 Å². The molecule has 0 aliphatic heterocycles. The van der Waals surface area contributed by atoms with Gasteiger partial charge in [0.05, 0.1) is 0 Å². The van der Waals surface area contributed by atoms with Crippen molar-refractivity contribution in [1.82, 2.24) is 15.5 Å². The first-order valence-electron chi connectivity index (χ1n) is 10.9. The van der Waals surface area contributed by atoms with Crippen LogP contribution in [0.5, 0.6) is 0 Å². The van der Waals surface area contributed by atoms with Crippen LogP contribution in [0.15, 0.2) is 78.9 Å². The van der Waals surface area contributed by atoms with Gasteiger partial charge in [-0.25, -0.2) is 4.79 Å². The number of carbonyl (C=O) groups excluding carboxylic acids is 2. The van der Waals surface area contributed by atoms with E-state index in [-0.39, 0.29) is 5.91 Å². The third-order valence-corrected chi connectivity index (χ3v) is 6.19. The summed E-state index contributed by atoms with van der Waals surface area (Å²) in [6.45, 7) is 3.85. The molecule has 4 rings (SSSR count). The molecule has 1 aromatic heterocycles. The number of rotatable bonds is 7. The van der Waals surface area contributed by atoms with Crippen LogP contribution in [0.2, 0.25) is 0 Å². The minimum atomic E-state index is -0.809. The minimum absolute atomic E-state index is 0.331. The predicted molar refractivity (Wildman–Crippen MR) is 136 cm³/mol. The Morgan fingerprint density at radius 3 is 2.15 bits per heavy atom. The molecular weight excluding hydrogens is 446 g/mol. The SMILES string of the molecule is Cc1cccc(C)c1NC(=O)NC(Cc1ccccc1)C(=O)Nc1nnc(-c2ccccc2)s1. The highest BCUT2D eigenvalue weighted by Gasteiger charge is 2.23. The number of hydrogen-bond acceptors (Lipinski definition) is 5. The van der Waals surface area contributed by atoms with Gasteiger partial charge in [0.2, 0.25) is 11.0 Å². The number of hydrogen-bond donors (Lipinski definition) is 3. The summed E-state index contributed by atoms with van der Waals surface area (Å²) in [7, 11) is 0. The smallest absolute Gasteiger partial charge is 0.319 e. The monoisotopic (exact) mass is 471 g/mol. The summed E-state index contributed by atoms with van der Waals surface area (Å²) in [5.74, 6) is -0.365. The standard InChI is InChI=1S/C26H25N5O2S/c1-17-10-9-11-18(2)22(17)28-25(33)27-21(16-19-12-5-3-6-13-19)23(32)29-26-31-30-24(34-26)20-14-7-4-8-15-20/h3-15,21H,16H2,1-2H3,(H2,27,28,33)(H,29,31,32). The molecule has 0 aliphatic rings. The molecule has 34 heavy (non-hydrogen) atoms. The fourth-order valence-corrected chi connectivity index (χ4v) is 4.29. The number of urea groups is 1. The van der Waals surface area contributed by atoms with Crippen LogP contribution in [0.3, 0.4) is 0 Å². The van der Waals surface area contributed by atoms with Crippen molar-refractivity contribution in [3.63, 3.8) is 0 Å². The van der Waals surface area contributed by atoms with E-state index in [1.807, 2.05) is 92.7 Å². The van der Waals surface area contributed by atoms with Gasteiger partial charge in [0.25, 0.3) is 0 Å². The van der Waals surface area contributed by atoms with Gasteiger partial charge in [-0.05, 0) is 30.5 Å². The maximum atomic E-state index is 13.2. The van der Waals surface area contributed by atoms with Gasteiger partial charge in [-0.2, -0.15) is 0 Å². The molecule has 1 heterocycles.